The molecular formula is C13H25N5O. The minimum Gasteiger partial charge on any atom is -0.464 e. The maximum atomic E-state index is 5.39. The van der Waals surface area contributed by atoms with Crippen LogP contribution in [0.15, 0.2) is 0 Å². The Kier molecular flexibility index (Phi) is 6.32. The summed E-state index contributed by atoms with van der Waals surface area (Å²) in [6.45, 7) is 10.6. The van der Waals surface area contributed by atoms with Gasteiger partial charge in [-0.25, -0.2) is 0 Å². The Labute approximate surface area is 115 Å². The molecule has 0 unspecified atom stereocenters. The standard InChI is InChI=1S/C13H25N5O/c1-6-8-14-11-15-12(18(5)9-10(3)4)17-13(16-11)19-7-2/h10H,6-9H2,1-5H3,(H,14,15,16,17). The summed E-state index contributed by atoms with van der Waals surface area (Å²) in [5.41, 5.74) is 0. The first-order chi connectivity index (χ1) is 9.06. The summed E-state index contributed by atoms with van der Waals surface area (Å²) in [4.78, 5) is 15.0. The zero-order valence-electron chi connectivity index (χ0n) is 12.6. The molecule has 6 heteroatoms. The van der Waals surface area contributed by atoms with E-state index in [4.69, 9.17) is 4.74 Å². The van der Waals surface area contributed by atoms with Crippen molar-refractivity contribution in [3.8, 4) is 6.01 Å². The molecule has 19 heavy (non-hydrogen) atoms. The third kappa shape index (κ3) is 5.28. The lowest BCUT2D eigenvalue weighted by Crippen LogP contribution is -2.25. The van der Waals surface area contributed by atoms with Gasteiger partial charge in [0.15, 0.2) is 0 Å². The summed E-state index contributed by atoms with van der Waals surface area (Å²) in [5, 5.41) is 3.17. The van der Waals surface area contributed by atoms with Crippen LogP contribution >= 0.6 is 0 Å². The van der Waals surface area contributed by atoms with E-state index in [1.165, 1.54) is 0 Å². The molecule has 1 aromatic rings. The minimum absolute atomic E-state index is 0.377. The molecule has 0 bridgehead atoms. The van der Waals surface area contributed by atoms with Crippen LogP contribution in [0.5, 0.6) is 6.01 Å². The van der Waals surface area contributed by atoms with E-state index in [9.17, 15) is 0 Å². The van der Waals surface area contributed by atoms with Crippen LogP contribution in [0.3, 0.4) is 0 Å². The topological polar surface area (TPSA) is 63.2 Å². The van der Waals surface area contributed by atoms with Gasteiger partial charge in [-0.2, -0.15) is 15.0 Å². The normalized spacial score (nSPS) is 10.6. The van der Waals surface area contributed by atoms with E-state index in [0.29, 0.717) is 30.4 Å². The first kappa shape index (κ1) is 15.5. The Morgan fingerprint density at radius 1 is 1.21 bits per heavy atom. The molecule has 0 aromatic carbocycles. The second-order valence-electron chi connectivity index (χ2n) is 4.88. The Balaban J connectivity index is 2.91. The molecule has 0 saturated heterocycles. The number of nitrogens with one attached hydrogen (secondary N) is 1. The minimum atomic E-state index is 0.377. The monoisotopic (exact) mass is 267 g/mol. The van der Waals surface area contributed by atoms with Crippen LogP contribution in [-0.4, -0.2) is 41.7 Å². The average molecular weight is 267 g/mol. The van der Waals surface area contributed by atoms with Crippen molar-refractivity contribution < 1.29 is 4.74 Å². The number of hydrogen-bond donors (Lipinski definition) is 1. The molecule has 6 nitrogen and oxygen atoms in total. The molecule has 0 amide bonds. The molecule has 0 atom stereocenters. The highest BCUT2D eigenvalue weighted by atomic mass is 16.5. The molecule has 0 radical (unpaired) electrons. The fourth-order valence-corrected chi connectivity index (χ4v) is 1.66. The van der Waals surface area contributed by atoms with Crippen molar-refractivity contribution in [2.24, 2.45) is 5.92 Å². The first-order valence-electron chi connectivity index (χ1n) is 6.90. The molecular weight excluding hydrogens is 242 g/mol. The predicted molar refractivity (Wildman–Crippen MR) is 77.9 cm³/mol. The highest BCUT2D eigenvalue weighted by Crippen LogP contribution is 2.15. The van der Waals surface area contributed by atoms with Gasteiger partial charge in [-0.1, -0.05) is 20.8 Å². The largest absolute Gasteiger partial charge is 0.464 e. The number of anilines is 2. The fraction of sp³-hybridized carbons (Fsp3) is 0.769. The summed E-state index contributed by atoms with van der Waals surface area (Å²) < 4.78 is 5.39. The summed E-state index contributed by atoms with van der Waals surface area (Å²) in [6.07, 6.45) is 1.02. The molecule has 108 valence electrons. The SMILES string of the molecule is CCCNc1nc(OCC)nc(N(C)CC(C)C)n1. The zero-order chi connectivity index (χ0) is 14.3. The summed E-state index contributed by atoms with van der Waals surface area (Å²) >= 11 is 0. The number of ether oxygens (including phenoxy) is 1. The Hall–Kier alpha value is -1.59. The van der Waals surface area contributed by atoms with Crippen molar-refractivity contribution in [3.63, 3.8) is 0 Å². The van der Waals surface area contributed by atoms with Gasteiger partial charge in [0.1, 0.15) is 0 Å². The molecule has 1 N–H and O–H groups in total. The quantitative estimate of drug-likeness (QED) is 0.779. The van der Waals surface area contributed by atoms with Gasteiger partial charge >= 0.3 is 6.01 Å². The lowest BCUT2D eigenvalue weighted by Gasteiger charge is -2.20. The summed E-state index contributed by atoms with van der Waals surface area (Å²) in [7, 11) is 1.98. The summed E-state index contributed by atoms with van der Waals surface area (Å²) in [5.74, 6) is 1.76. The molecule has 0 saturated carbocycles. The lowest BCUT2D eigenvalue weighted by molar-refractivity contribution is 0.312. The van der Waals surface area contributed by atoms with E-state index >= 15 is 0 Å². The van der Waals surface area contributed by atoms with Crippen LogP contribution in [0.25, 0.3) is 0 Å². The second-order valence-corrected chi connectivity index (χ2v) is 4.88. The van der Waals surface area contributed by atoms with Gasteiger partial charge in [-0.3, -0.25) is 0 Å². The van der Waals surface area contributed by atoms with E-state index in [1.54, 1.807) is 0 Å². The van der Waals surface area contributed by atoms with E-state index in [2.05, 4.69) is 41.0 Å². The van der Waals surface area contributed by atoms with Crippen molar-refractivity contribution in [2.45, 2.75) is 34.1 Å². The maximum absolute atomic E-state index is 5.39. The smallest absolute Gasteiger partial charge is 0.323 e. The second kappa shape index (κ2) is 7.76. The third-order valence-corrected chi connectivity index (χ3v) is 2.39. The highest BCUT2D eigenvalue weighted by Gasteiger charge is 2.11. The molecule has 0 spiro atoms. The third-order valence-electron chi connectivity index (χ3n) is 2.39. The molecule has 0 aliphatic carbocycles. The van der Waals surface area contributed by atoms with Crippen LogP contribution in [0.4, 0.5) is 11.9 Å². The van der Waals surface area contributed by atoms with Gasteiger partial charge in [-0.05, 0) is 19.3 Å². The first-order valence-corrected chi connectivity index (χ1v) is 6.90. The van der Waals surface area contributed by atoms with E-state index in [0.717, 1.165) is 19.5 Å². The fourth-order valence-electron chi connectivity index (χ4n) is 1.66. The molecule has 1 heterocycles. The van der Waals surface area contributed by atoms with Crippen LogP contribution in [0.1, 0.15) is 34.1 Å². The number of nitrogens with zero attached hydrogens (tertiary/aromatic N) is 4. The number of rotatable bonds is 8. The molecule has 1 aromatic heterocycles. The van der Waals surface area contributed by atoms with Crippen molar-refractivity contribution in [2.75, 3.05) is 37.0 Å². The average Bonchev–Trinajstić information content (AvgIpc) is 2.35. The van der Waals surface area contributed by atoms with Crippen LogP contribution in [0.2, 0.25) is 0 Å². The molecule has 0 aliphatic heterocycles. The lowest BCUT2D eigenvalue weighted by atomic mass is 10.2. The number of hydrogen-bond acceptors (Lipinski definition) is 6. The number of aromatic nitrogens is 3. The Bertz CT molecular complexity index is 383. The summed E-state index contributed by atoms with van der Waals surface area (Å²) in [6, 6.07) is 0.377. The van der Waals surface area contributed by atoms with Crippen molar-refractivity contribution in [1.82, 2.24) is 15.0 Å². The molecule has 1 rings (SSSR count). The van der Waals surface area contributed by atoms with Crippen LogP contribution < -0.4 is 15.0 Å². The van der Waals surface area contributed by atoms with Gasteiger partial charge in [0.2, 0.25) is 11.9 Å². The van der Waals surface area contributed by atoms with E-state index in [-0.39, 0.29) is 0 Å². The van der Waals surface area contributed by atoms with Crippen molar-refractivity contribution in [1.29, 1.82) is 0 Å². The van der Waals surface area contributed by atoms with Gasteiger partial charge in [0.25, 0.3) is 0 Å². The van der Waals surface area contributed by atoms with Crippen LogP contribution in [0, 0.1) is 5.92 Å². The van der Waals surface area contributed by atoms with Gasteiger partial charge in [0, 0.05) is 20.1 Å². The predicted octanol–water partition coefficient (Wildman–Crippen LogP) is 2.18. The van der Waals surface area contributed by atoms with Gasteiger partial charge in [-0.15, -0.1) is 0 Å². The Morgan fingerprint density at radius 2 is 1.95 bits per heavy atom. The van der Waals surface area contributed by atoms with Crippen LogP contribution in [-0.2, 0) is 0 Å². The molecule has 0 aliphatic rings. The maximum Gasteiger partial charge on any atom is 0.323 e. The highest BCUT2D eigenvalue weighted by molar-refractivity contribution is 5.37. The molecule has 0 fully saturated rings. The van der Waals surface area contributed by atoms with Gasteiger partial charge < -0.3 is 15.0 Å². The van der Waals surface area contributed by atoms with Crippen molar-refractivity contribution >= 4 is 11.9 Å². The zero-order valence-corrected chi connectivity index (χ0v) is 12.6. The van der Waals surface area contributed by atoms with E-state index in [1.807, 2.05) is 18.9 Å². The van der Waals surface area contributed by atoms with Gasteiger partial charge in [0.05, 0.1) is 6.61 Å². The van der Waals surface area contributed by atoms with Crippen molar-refractivity contribution in [3.05, 3.63) is 0 Å². The van der Waals surface area contributed by atoms with E-state index < -0.39 is 0 Å². The Morgan fingerprint density at radius 3 is 2.53 bits per heavy atom.